The Morgan fingerprint density at radius 1 is 1.36 bits per heavy atom. The fourth-order valence-electron chi connectivity index (χ4n) is 2.77. The number of aromatic nitrogens is 1. The molecule has 22 heavy (non-hydrogen) atoms. The Morgan fingerprint density at radius 3 is 2.41 bits per heavy atom. The van der Waals surface area contributed by atoms with E-state index in [0.717, 1.165) is 0 Å². The van der Waals surface area contributed by atoms with Crippen LogP contribution >= 0.6 is 0 Å². The monoisotopic (exact) mass is 350 g/mol. The van der Waals surface area contributed by atoms with Crippen LogP contribution in [0.25, 0.3) is 0 Å². The second kappa shape index (κ2) is 5.93. The summed E-state index contributed by atoms with van der Waals surface area (Å²) < 4.78 is 55.7. The second-order valence-electron chi connectivity index (χ2n) is 6.18. The van der Waals surface area contributed by atoms with E-state index in [9.17, 15) is 16.8 Å². The molecule has 0 amide bonds. The first-order valence-electron chi connectivity index (χ1n) is 7.19. The molecule has 1 aromatic rings. The minimum atomic E-state index is -3.84. The zero-order valence-corrected chi connectivity index (χ0v) is 14.9. The lowest BCUT2D eigenvalue weighted by molar-refractivity contribution is 0.307. The average Bonchev–Trinajstić information content (AvgIpc) is 2.89. The molecule has 7 nitrogen and oxygen atoms in total. The maximum absolute atomic E-state index is 13.0. The lowest BCUT2D eigenvalue weighted by Gasteiger charge is -2.28. The number of rotatable bonds is 5. The van der Waals surface area contributed by atoms with Crippen molar-refractivity contribution in [3.8, 4) is 0 Å². The van der Waals surface area contributed by atoms with Crippen molar-refractivity contribution in [1.82, 2.24) is 9.46 Å². The van der Waals surface area contributed by atoms with Crippen molar-refractivity contribution in [2.45, 2.75) is 45.1 Å². The summed E-state index contributed by atoms with van der Waals surface area (Å²) in [4.78, 5) is 0.0532. The fraction of sp³-hybridized carbons (Fsp3) is 0.769. The summed E-state index contributed by atoms with van der Waals surface area (Å²) in [5.41, 5.74) is 0.298. The molecule has 0 saturated carbocycles. The molecule has 1 fully saturated rings. The molecule has 0 radical (unpaired) electrons. The highest BCUT2D eigenvalue weighted by Gasteiger charge is 2.41. The van der Waals surface area contributed by atoms with Gasteiger partial charge in [-0.3, -0.25) is 0 Å². The standard InChI is InChI=1S/C13H22N2O5S2/c1-9(2)7-15(12-5-6-21(16,17)8-12)22(18,19)13-10(3)14-20-11(13)4/h9,12H,5-8H2,1-4H3/t12-/m1/s1. The molecule has 9 heteroatoms. The van der Waals surface area contributed by atoms with E-state index < -0.39 is 25.9 Å². The van der Waals surface area contributed by atoms with Crippen LogP contribution in [-0.4, -0.2) is 50.4 Å². The second-order valence-corrected chi connectivity index (χ2v) is 10.2. The molecule has 1 aliphatic heterocycles. The van der Waals surface area contributed by atoms with Crippen LogP contribution in [0.4, 0.5) is 0 Å². The zero-order valence-electron chi connectivity index (χ0n) is 13.2. The van der Waals surface area contributed by atoms with Crippen molar-refractivity contribution in [1.29, 1.82) is 0 Å². The van der Waals surface area contributed by atoms with E-state index in [0.29, 0.717) is 12.1 Å². The summed E-state index contributed by atoms with van der Waals surface area (Å²) in [6.07, 6.45) is 0.331. The first-order chi connectivity index (χ1) is 10.0. The van der Waals surface area contributed by atoms with Crippen LogP contribution in [0.3, 0.4) is 0 Å². The molecule has 126 valence electrons. The summed E-state index contributed by atoms with van der Waals surface area (Å²) >= 11 is 0. The number of sulfone groups is 1. The molecular weight excluding hydrogens is 328 g/mol. The molecule has 0 spiro atoms. The van der Waals surface area contributed by atoms with E-state index in [2.05, 4.69) is 5.16 Å². The molecule has 0 bridgehead atoms. The largest absolute Gasteiger partial charge is 0.360 e. The van der Waals surface area contributed by atoms with Crippen molar-refractivity contribution in [3.63, 3.8) is 0 Å². The maximum Gasteiger partial charge on any atom is 0.248 e. The van der Waals surface area contributed by atoms with Gasteiger partial charge in [0.1, 0.15) is 10.6 Å². The van der Waals surface area contributed by atoms with Crippen molar-refractivity contribution in [3.05, 3.63) is 11.5 Å². The molecule has 0 unspecified atom stereocenters. The van der Waals surface area contributed by atoms with Gasteiger partial charge >= 0.3 is 0 Å². The van der Waals surface area contributed by atoms with Crippen LogP contribution in [0.2, 0.25) is 0 Å². The average molecular weight is 350 g/mol. The lowest BCUT2D eigenvalue weighted by Crippen LogP contribution is -2.43. The van der Waals surface area contributed by atoms with E-state index >= 15 is 0 Å². The first-order valence-corrected chi connectivity index (χ1v) is 10.5. The molecule has 0 N–H and O–H groups in total. The molecule has 2 heterocycles. The lowest BCUT2D eigenvalue weighted by atomic mass is 10.2. The number of nitrogens with zero attached hydrogens (tertiary/aromatic N) is 2. The minimum Gasteiger partial charge on any atom is -0.360 e. The van der Waals surface area contributed by atoms with Crippen LogP contribution in [0.1, 0.15) is 31.7 Å². The third-order valence-electron chi connectivity index (χ3n) is 3.70. The molecular formula is C13H22N2O5S2. The Bertz CT molecular complexity index is 730. The van der Waals surface area contributed by atoms with Crippen molar-refractivity contribution >= 4 is 19.9 Å². The number of hydrogen-bond donors (Lipinski definition) is 0. The van der Waals surface area contributed by atoms with Crippen molar-refractivity contribution in [2.24, 2.45) is 5.92 Å². The van der Waals surface area contributed by atoms with Crippen molar-refractivity contribution < 1.29 is 21.4 Å². The van der Waals surface area contributed by atoms with Gasteiger partial charge in [0.15, 0.2) is 15.6 Å². The number of sulfonamides is 1. The van der Waals surface area contributed by atoms with E-state index in [1.54, 1.807) is 13.8 Å². The third kappa shape index (κ3) is 3.36. The van der Waals surface area contributed by atoms with Crippen molar-refractivity contribution in [2.75, 3.05) is 18.1 Å². The summed E-state index contributed by atoms with van der Waals surface area (Å²) in [6, 6.07) is -0.522. The number of hydrogen-bond acceptors (Lipinski definition) is 6. The highest BCUT2D eigenvalue weighted by Crippen LogP contribution is 2.29. The Morgan fingerprint density at radius 2 is 2.00 bits per heavy atom. The van der Waals surface area contributed by atoms with Gasteiger partial charge in [0.2, 0.25) is 10.0 Å². The third-order valence-corrected chi connectivity index (χ3v) is 7.61. The Hall–Kier alpha value is -0.930. The summed E-state index contributed by atoms with van der Waals surface area (Å²) in [6.45, 7) is 7.19. The first kappa shape index (κ1) is 17.4. The van der Waals surface area contributed by atoms with E-state index in [4.69, 9.17) is 4.52 Å². The minimum absolute atomic E-state index is 0.0311. The van der Waals surface area contributed by atoms with E-state index in [1.165, 1.54) is 4.31 Å². The van der Waals surface area contributed by atoms with E-state index in [-0.39, 0.29) is 34.6 Å². The Labute approximate surface area is 131 Å². The van der Waals surface area contributed by atoms with Gasteiger partial charge in [-0.15, -0.1) is 0 Å². The maximum atomic E-state index is 13.0. The van der Waals surface area contributed by atoms with Crippen LogP contribution in [-0.2, 0) is 19.9 Å². The van der Waals surface area contributed by atoms with Gasteiger partial charge in [-0.1, -0.05) is 19.0 Å². The SMILES string of the molecule is Cc1noc(C)c1S(=O)(=O)N(CC(C)C)[C@@H]1CCS(=O)(=O)C1. The van der Waals surface area contributed by atoms with Gasteiger partial charge in [0.25, 0.3) is 0 Å². The molecule has 1 atom stereocenters. The molecule has 1 saturated heterocycles. The predicted molar refractivity (Wildman–Crippen MR) is 81.8 cm³/mol. The summed E-state index contributed by atoms with van der Waals surface area (Å²) in [5, 5.41) is 3.70. The number of aryl methyl sites for hydroxylation is 2. The normalized spacial score (nSPS) is 21.8. The Kier molecular flexibility index (Phi) is 4.70. The molecule has 1 aliphatic rings. The van der Waals surface area contributed by atoms with Crippen LogP contribution < -0.4 is 0 Å². The molecule has 0 aromatic carbocycles. The molecule has 2 rings (SSSR count). The van der Waals surface area contributed by atoms with Gasteiger partial charge in [0.05, 0.1) is 11.5 Å². The molecule has 1 aromatic heterocycles. The zero-order chi connectivity index (χ0) is 16.7. The van der Waals surface area contributed by atoms with Crippen LogP contribution in [0.15, 0.2) is 9.42 Å². The fourth-order valence-corrected chi connectivity index (χ4v) is 6.70. The van der Waals surface area contributed by atoms with Gasteiger partial charge in [-0.2, -0.15) is 4.31 Å². The Balaban J connectivity index is 2.45. The van der Waals surface area contributed by atoms with Gasteiger partial charge in [-0.25, -0.2) is 16.8 Å². The van der Waals surface area contributed by atoms with Crippen LogP contribution in [0.5, 0.6) is 0 Å². The predicted octanol–water partition coefficient (Wildman–Crippen LogP) is 1.13. The van der Waals surface area contributed by atoms with Crippen LogP contribution in [0, 0.1) is 19.8 Å². The quantitative estimate of drug-likeness (QED) is 0.789. The highest BCUT2D eigenvalue weighted by molar-refractivity contribution is 7.92. The van der Waals surface area contributed by atoms with E-state index in [1.807, 2.05) is 13.8 Å². The molecule has 0 aliphatic carbocycles. The van der Waals surface area contributed by atoms with Gasteiger partial charge in [-0.05, 0) is 26.2 Å². The summed E-state index contributed by atoms with van der Waals surface area (Å²) in [7, 11) is -7.01. The summed E-state index contributed by atoms with van der Waals surface area (Å²) in [5.74, 6) is 0.219. The van der Waals surface area contributed by atoms with Gasteiger partial charge in [0, 0.05) is 12.6 Å². The van der Waals surface area contributed by atoms with Gasteiger partial charge < -0.3 is 4.52 Å². The topological polar surface area (TPSA) is 97.6 Å². The highest BCUT2D eigenvalue weighted by atomic mass is 32.2. The smallest absolute Gasteiger partial charge is 0.248 e.